The number of benzene rings is 2. The second-order valence-corrected chi connectivity index (χ2v) is 10.9. The third-order valence-electron chi connectivity index (χ3n) is 6.52. The number of nitrogens with one attached hydrogen (secondary N) is 2. The Labute approximate surface area is 221 Å². The molecule has 1 atom stereocenters. The summed E-state index contributed by atoms with van der Waals surface area (Å²) < 4.78 is 7.87. The highest BCUT2D eigenvalue weighted by atomic mass is 32.1. The maximum Gasteiger partial charge on any atom is 0.137 e. The van der Waals surface area contributed by atoms with E-state index in [1.807, 2.05) is 28.9 Å². The first-order chi connectivity index (χ1) is 18.0. The van der Waals surface area contributed by atoms with Crippen LogP contribution in [0.3, 0.4) is 0 Å². The maximum absolute atomic E-state index is 10.7. The van der Waals surface area contributed by atoms with Gasteiger partial charge in [0.15, 0.2) is 0 Å². The van der Waals surface area contributed by atoms with Gasteiger partial charge in [0.1, 0.15) is 31.1 Å². The van der Waals surface area contributed by atoms with Crippen molar-refractivity contribution in [2.75, 3.05) is 13.2 Å². The highest BCUT2D eigenvalue weighted by Crippen LogP contribution is 2.33. The zero-order valence-corrected chi connectivity index (χ0v) is 22.0. The van der Waals surface area contributed by atoms with E-state index in [1.54, 1.807) is 24.0 Å². The van der Waals surface area contributed by atoms with Gasteiger partial charge in [-0.1, -0.05) is 36.4 Å². The molecule has 192 valence electrons. The number of thiophene rings is 1. The van der Waals surface area contributed by atoms with Gasteiger partial charge >= 0.3 is 0 Å². The molecular formula is C29H33N5O2S. The minimum atomic E-state index is -0.623. The number of para-hydroxylation sites is 2. The summed E-state index contributed by atoms with van der Waals surface area (Å²) in [7, 11) is 0. The van der Waals surface area contributed by atoms with Crippen LogP contribution in [0.4, 0.5) is 0 Å². The van der Waals surface area contributed by atoms with Crippen LogP contribution in [-0.4, -0.2) is 49.6 Å². The molecule has 0 amide bonds. The SMILES string of the molecule is CC(C)(Cc1c[nH]c2c(CCn3cncn3)cccc12)NC[C@H](O)COc1ccccc1-c1cccs1. The molecule has 2 aromatic carbocycles. The van der Waals surface area contributed by atoms with Crippen LogP contribution >= 0.6 is 11.3 Å². The number of hydrogen-bond acceptors (Lipinski definition) is 6. The molecule has 5 rings (SSSR count). The summed E-state index contributed by atoms with van der Waals surface area (Å²) in [4.78, 5) is 8.67. The molecule has 7 nitrogen and oxygen atoms in total. The fraction of sp³-hybridized carbons (Fsp3) is 0.310. The molecule has 0 saturated heterocycles. The molecule has 0 aliphatic rings. The lowest BCUT2D eigenvalue weighted by Crippen LogP contribution is -2.46. The highest BCUT2D eigenvalue weighted by molar-refractivity contribution is 7.13. The number of H-pyrrole nitrogens is 1. The largest absolute Gasteiger partial charge is 0.490 e. The zero-order chi connectivity index (χ0) is 25.7. The van der Waals surface area contributed by atoms with Gasteiger partial charge in [0, 0.05) is 46.2 Å². The first kappa shape index (κ1) is 25.2. The summed E-state index contributed by atoms with van der Waals surface area (Å²) in [5, 5.41) is 21.7. The normalized spacial score (nSPS) is 12.7. The zero-order valence-electron chi connectivity index (χ0n) is 21.2. The molecule has 37 heavy (non-hydrogen) atoms. The third kappa shape index (κ3) is 6.28. The Balaban J connectivity index is 1.17. The molecule has 3 N–H and O–H groups in total. The molecule has 0 unspecified atom stereocenters. The van der Waals surface area contributed by atoms with E-state index in [9.17, 15) is 5.11 Å². The van der Waals surface area contributed by atoms with Gasteiger partial charge in [-0.2, -0.15) is 5.10 Å². The number of aryl methyl sites for hydroxylation is 2. The Kier molecular flexibility index (Phi) is 7.69. The van der Waals surface area contributed by atoms with Crippen LogP contribution in [0.15, 0.2) is 78.8 Å². The number of β-amino-alcohol motifs (C(OH)–C–C–N with tert-alkyl or cyclic N) is 1. The smallest absolute Gasteiger partial charge is 0.137 e. The average molecular weight is 516 g/mol. The lowest BCUT2D eigenvalue weighted by Gasteiger charge is -2.28. The summed E-state index contributed by atoms with van der Waals surface area (Å²) in [5.74, 6) is 0.793. The van der Waals surface area contributed by atoms with Gasteiger partial charge in [-0.05, 0) is 61.4 Å². The molecule has 0 spiro atoms. The number of hydrogen-bond donors (Lipinski definition) is 3. The van der Waals surface area contributed by atoms with Gasteiger partial charge in [-0.15, -0.1) is 11.3 Å². The second kappa shape index (κ2) is 11.3. The monoisotopic (exact) mass is 515 g/mol. The van der Waals surface area contributed by atoms with Crippen molar-refractivity contribution in [2.24, 2.45) is 0 Å². The average Bonchev–Trinajstić information content (AvgIpc) is 3.68. The van der Waals surface area contributed by atoms with Crippen molar-refractivity contribution in [3.63, 3.8) is 0 Å². The van der Waals surface area contributed by atoms with Crippen LogP contribution in [0.2, 0.25) is 0 Å². The number of aliphatic hydroxyl groups is 1. The topological polar surface area (TPSA) is 88.0 Å². The summed E-state index contributed by atoms with van der Waals surface area (Å²) in [5.41, 5.74) is 4.54. The van der Waals surface area contributed by atoms with Crippen molar-refractivity contribution in [3.8, 4) is 16.2 Å². The Morgan fingerprint density at radius 1 is 1.11 bits per heavy atom. The standard InChI is InChI=1S/C29H33N5O2S/c1-29(2,32-17-23(35)18-36-26-10-4-3-8-25(26)27-11-6-14-37-27)15-22-16-31-28-21(7-5-9-24(22)28)12-13-34-20-30-19-33-34/h3-11,14,16,19-20,23,31-32,35H,12-13,15,17-18H2,1-2H3/t23-/m0/s1. The Hall–Kier alpha value is -3.46. The van der Waals surface area contributed by atoms with Crippen molar-refractivity contribution in [3.05, 3.63) is 90.0 Å². The molecular weight excluding hydrogens is 482 g/mol. The van der Waals surface area contributed by atoms with Gasteiger partial charge in [0.05, 0.1) is 0 Å². The van der Waals surface area contributed by atoms with Crippen LogP contribution in [0.25, 0.3) is 21.3 Å². The summed E-state index contributed by atoms with van der Waals surface area (Å²) in [6, 6.07) is 18.5. The Bertz CT molecular complexity index is 1410. The van der Waals surface area contributed by atoms with E-state index in [-0.39, 0.29) is 12.1 Å². The molecule has 3 heterocycles. The molecule has 0 fully saturated rings. The van der Waals surface area contributed by atoms with Crippen molar-refractivity contribution < 1.29 is 9.84 Å². The summed E-state index contributed by atoms with van der Waals surface area (Å²) >= 11 is 1.68. The van der Waals surface area contributed by atoms with Crippen LogP contribution < -0.4 is 10.1 Å². The third-order valence-corrected chi connectivity index (χ3v) is 7.42. The number of ether oxygens (including phenoxy) is 1. The van der Waals surface area contributed by atoms with Gasteiger partial charge in [-0.3, -0.25) is 4.68 Å². The molecule has 0 aliphatic heterocycles. The molecule has 5 aromatic rings. The second-order valence-electron chi connectivity index (χ2n) is 9.94. The van der Waals surface area contributed by atoms with Crippen molar-refractivity contribution in [2.45, 2.75) is 44.9 Å². The number of aromatic nitrogens is 4. The molecule has 0 bridgehead atoms. The predicted octanol–water partition coefficient (Wildman–Crippen LogP) is 5.08. The summed E-state index contributed by atoms with van der Waals surface area (Å²) in [6.07, 6.45) is 6.50. The first-order valence-electron chi connectivity index (χ1n) is 12.6. The van der Waals surface area contributed by atoms with E-state index in [2.05, 4.69) is 76.1 Å². The highest BCUT2D eigenvalue weighted by Gasteiger charge is 2.22. The van der Waals surface area contributed by atoms with Crippen molar-refractivity contribution >= 4 is 22.2 Å². The van der Waals surface area contributed by atoms with Gasteiger partial charge in [-0.25, -0.2) is 4.98 Å². The predicted molar refractivity (Wildman–Crippen MR) is 149 cm³/mol. The number of aromatic amines is 1. The van der Waals surface area contributed by atoms with Gasteiger partial charge < -0.3 is 20.1 Å². The van der Waals surface area contributed by atoms with Crippen LogP contribution in [0, 0.1) is 0 Å². The quantitative estimate of drug-likeness (QED) is 0.216. The fourth-order valence-electron chi connectivity index (χ4n) is 4.62. The minimum absolute atomic E-state index is 0.207. The Morgan fingerprint density at radius 3 is 2.81 bits per heavy atom. The van der Waals surface area contributed by atoms with Crippen molar-refractivity contribution in [1.82, 2.24) is 25.1 Å². The van der Waals surface area contributed by atoms with E-state index in [0.717, 1.165) is 35.6 Å². The summed E-state index contributed by atoms with van der Waals surface area (Å²) in [6.45, 7) is 5.80. The molecule has 0 saturated carbocycles. The van der Waals surface area contributed by atoms with Gasteiger partial charge in [0.2, 0.25) is 0 Å². The van der Waals surface area contributed by atoms with E-state index in [1.165, 1.54) is 22.0 Å². The minimum Gasteiger partial charge on any atom is -0.490 e. The number of fused-ring (bicyclic) bond motifs is 1. The van der Waals surface area contributed by atoms with E-state index in [4.69, 9.17) is 4.74 Å². The Morgan fingerprint density at radius 2 is 2.00 bits per heavy atom. The van der Waals surface area contributed by atoms with Crippen LogP contribution in [0.5, 0.6) is 5.75 Å². The number of nitrogens with zero attached hydrogens (tertiary/aromatic N) is 3. The molecule has 3 aromatic heterocycles. The lowest BCUT2D eigenvalue weighted by atomic mass is 9.93. The maximum atomic E-state index is 10.7. The molecule has 0 radical (unpaired) electrons. The van der Waals surface area contributed by atoms with E-state index in [0.29, 0.717) is 6.54 Å². The number of aliphatic hydroxyl groups excluding tert-OH is 1. The van der Waals surface area contributed by atoms with Crippen molar-refractivity contribution in [1.29, 1.82) is 0 Å². The molecule has 0 aliphatic carbocycles. The van der Waals surface area contributed by atoms with Crippen LogP contribution in [-0.2, 0) is 19.4 Å². The van der Waals surface area contributed by atoms with Crippen LogP contribution in [0.1, 0.15) is 25.0 Å². The number of rotatable bonds is 12. The van der Waals surface area contributed by atoms with E-state index >= 15 is 0 Å². The van der Waals surface area contributed by atoms with Gasteiger partial charge in [0.25, 0.3) is 0 Å². The lowest BCUT2D eigenvalue weighted by molar-refractivity contribution is 0.0991. The fourth-order valence-corrected chi connectivity index (χ4v) is 5.37. The first-order valence-corrected chi connectivity index (χ1v) is 13.5. The molecule has 8 heteroatoms. The van der Waals surface area contributed by atoms with E-state index < -0.39 is 6.10 Å².